The zero-order valence-corrected chi connectivity index (χ0v) is 23.1. The van der Waals surface area contributed by atoms with Crippen molar-refractivity contribution in [2.75, 3.05) is 25.5 Å². The van der Waals surface area contributed by atoms with Gasteiger partial charge in [0.05, 0.1) is 12.8 Å². The average Bonchev–Trinajstić information content (AvgIpc) is 2.94. The van der Waals surface area contributed by atoms with Crippen molar-refractivity contribution in [1.82, 2.24) is 9.88 Å². The summed E-state index contributed by atoms with van der Waals surface area (Å²) in [5.41, 5.74) is 6.19. The van der Waals surface area contributed by atoms with Crippen molar-refractivity contribution in [3.63, 3.8) is 0 Å². The van der Waals surface area contributed by atoms with Crippen LogP contribution in [-0.2, 0) is 29.1 Å². The highest BCUT2D eigenvalue weighted by Crippen LogP contribution is 2.34. The molecule has 0 radical (unpaired) electrons. The molecule has 0 unspecified atom stereocenters. The second-order valence-corrected chi connectivity index (χ2v) is 10.6. The minimum absolute atomic E-state index is 0.0635. The number of nitrogens with zero attached hydrogens (tertiary/aromatic N) is 2. The molecule has 0 spiro atoms. The van der Waals surface area contributed by atoms with E-state index in [1.807, 2.05) is 37.3 Å². The Morgan fingerprint density at radius 2 is 2.00 bits per heavy atom. The van der Waals surface area contributed by atoms with Gasteiger partial charge < -0.3 is 25.3 Å². The second-order valence-electron chi connectivity index (χ2n) is 10.6. The maximum Gasteiger partial charge on any atom is 0.342 e. The van der Waals surface area contributed by atoms with Gasteiger partial charge >= 0.3 is 5.97 Å². The first-order valence-electron chi connectivity index (χ1n) is 13.8. The fraction of sp³-hybridized carbons (Fsp3) is 0.344. The molecule has 0 amide bonds. The van der Waals surface area contributed by atoms with Gasteiger partial charge in [0.15, 0.2) is 0 Å². The lowest BCUT2D eigenvalue weighted by molar-refractivity contribution is -0.132. The lowest BCUT2D eigenvalue weighted by Crippen LogP contribution is -2.36. The number of aliphatic carboxylic acids is 1. The number of aromatic nitrogens is 1. The van der Waals surface area contributed by atoms with Crippen molar-refractivity contribution in [2.24, 2.45) is 5.92 Å². The molecule has 8 heteroatoms. The van der Waals surface area contributed by atoms with Gasteiger partial charge in [-0.2, -0.15) is 0 Å². The van der Waals surface area contributed by atoms with Crippen LogP contribution in [0.4, 0.5) is 5.82 Å². The predicted molar refractivity (Wildman–Crippen MR) is 156 cm³/mol. The highest BCUT2D eigenvalue weighted by molar-refractivity contribution is 6.08. The van der Waals surface area contributed by atoms with Crippen molar-refractivity contribution >= 4 is 18.0 Å². The topological polar surface area (TPSA) is 108 Å². The maximum absolute atomic E-state index is 11.5. The lowest BCUT2D eigenvalue weighted by atomic mass is 9.84. The zero-order valence-electron chi connectivity index (χ0n) is 23.1. The van der Waals surface area contributed by atoms with Crippen LogP contribution in [0.25, 0.3) is 11.3 Å². The van der Waals surface area contributed by atoms with Crippen LogP contribution in [-0.4, -0.2) is 47.4 Å². The van der Waals surface area contributed by atoms with Gasteiger partial charge in [0.2, 0.25) is 5.88 Å². The Morgan fingerprint density at radius 3 is 2.73 bits per heavy atom. The number of carboxylic acid groups (broad SMARTS) is 1. The number of rotatable bonds is 11. The number of fused-ring (bicyclic) bond motifs is 1. The van der Waals surface area contributed by atoms with Crippen LogP contribution >= 0.6 is 0 Å². The van der Waals surface area contributed by atoms with Gasteiger partial charge in [0, 0.05) is 31.4 Å². The van der Waals surface area contributed by atoms with E-state index in [2.05, 4.69) is 33.4 Å². The Kier molecular flexibility index (Phi) is 8.45. The second kappa shape index (κ2) is 12.3. The zero-order chi connectivity index (χ0) is 28.1. The van der Waals surface area contributed by atoms with E-state index < -0.39 is 5.97 Å². The number of anilines is 1. The molecule has 8 nitrogen and oxygen atoms in total. The van der Waals surface area contributed by atoms with Crippen molar-refractivity contribution in [1.29, 1.82) is 5.41 Å². The summed E-state index contributed by atoms with van der Waals surface area (Å²) in [4.78, 5) is 18.7. The molecule has 5 rings (SSSR count). The average molecular weight is 541 g/mol. The summed E-state index contributed by atoms with van der Waals surface area (Å²) < 4.78 is 11.6. The Morgan fingerprint density at radius 1 is 1.18 bits per heavy atom. The van der Waals surface area contributed by atoms with Gasteiger partial charge in [-0.3, -0.25) is 4.90 Å². The third-order valence-electron chi connectivity index (χ3n) is 7.79. The van der Waals surface area contributed by atoms with Gasteiger partial charge in [-0.1, -0.05) is 42.8 Å². The molecule has 3 N–H and O–H groups in total. The van der Waals surface area contributed by atoms with Crippen molar-refractivity contribution in [3.8, 4) is 17.0 Å². The summed E-state index contributed by atoms with van der Waals surface area (Å²) >= 11 is 0. The minimum atomic E-state index is -1.27. The Labute approximate surface area is 235 Å². The summed E-state index contributed by atoms with van der Waals surface area (Å²) in [5, 5.41) is 19.6. The Hall–Kier alpha value is -4.17. The molecule has 1 fully saturated rings. The first kappa shape index (κ1) is 27.4. The molecule has 3 aromatic rings. The molecule has 1 aliphatic heterocycles. The molecule has 1 aromatic heterocycles. The first-order chi connectivity index (χ1) is 19.4. The van der Waals surface area contributed by atoms with E-state index in [-0.39, 0.29) is 11.5 Å². The van der Waals surface area contributed by atoms with E-state index in [1.54, 1.807) is 6.07 Å². The van der Waals surface area contributed by atoms with Gasteiger partial charge in [-0.25, -0.2) is 9.78 Å². The normalized spacial score (nSPS) is 15.8. The van der Waals surface area contributed by atoms with Crippen LogP contribution in [0, 0.1) is 18.3 Å². The van der Waals surface area contributed by atoms with E-state index in [9.17, 15) is 9.90 Å². The fourth-order valence-corrected chi connectivity index (χ4v) is 5.38. The van der Waals surface area contributed by atoms with Gasteiger partial charge in [-0.05, 0) is 72.6 Å². The molecule has 2 aliphatic rings. The summed E-state index contributed by atoms with van der Waals surface area (Å²) in [6, 6.07) is 18.1. The van der Waals surface area contributed by atoms with Gasteiger partial charge in [0.1, 0.15) is 23.7 Å². The molecule has 1 aliphatic carbocycles. The summed E-state index contributed by atoms with van der Waals surface area (Å²) in [5.74, 6) is 0.712. The third-order valence-corrected chi connectivity index (χ3v) is 7.79. The quantitative estimate of drug-likeness (QED) is 0.160. The maximum atomic E-state index is 11.5. The molecule has 2 heterocycles. The number of pyridine rings is 1. The number of methoxy groups -OCH3 is 1. The number of carboxylic acids is 1. The molecule has 2 aromatic carbocycles. The van der Waals surface area contributed by atoms with Crippen molar-refractivity contribution in [2.45, 2.75) is 45.8 Å². The highest BCUT2D eigenvalue weighted by atomic mass is 16.5. The van der Waals surface area contributed by atoms with Gasteiger partial charge in [-0.15, -0.1) is 0 Å². The predicted octanol–water partition coefficient (Wildman–Crippen LogP) is 5.80. The number of nitrogens with one attached hydrogen (secondary N) is 2. The molecular weight excluding hydrogens is 504 g/mol. The van der Waals surface area contributed by atoms with Crippen molar-refractivity contribution in [3.05, 3.63) is 88.3 Å². The summed E-state index contributed by atoms with van der Waals surface area (Å²) in [6.07, 6.45) is 5.98. The van der Waals surface area contributed by atoms with E-state index in [4.69, 9.17) is 14.9 Å². The molecular formula is C32H36N4O4. The van der Waals surface area contributed by atoms with Crippen LogP contribution < -0.4 is 10.1 Å². The van der Waals surface area contributed by atoms with Gasteiger partial charge in [0.25, 0.3) is 0 Å². The molecule has 208 valence electrons. The molecule has 0 bridgehead atoms. The van der Waals surface area contributed by atoms with E-state index in [0.29, 0.717) is 18.1 Å². The van der Waals surface area contributed by atoms with E-state index in [1.165, 1.54) is 44.0 Å². The van der Waals surface area contributed by atoms with E-state index in [0.717, 1.165) is 54.1 Å². The monoisotopic (exact) mass is 540 g/mol. The number of carbonyl (C=O) groups is 1. The smallest absolute Gasteiger partial charge is 0.342 e. The molecule has 40 heavy (non-hydrogen) atoms. The van der Waals surface area contributed by atoms with Crippen LogP contribution in [0.2, 0.25) is 0 Å². The standard InChI is InChI=1S/C32H36N4O4/c1-21-6-3-9-26(28-10-5-11-29(34-28)35-31(39-2)27(17-33)32(37)38)30(21)40-20-23-12-13-25-19-36(15-14-24(25)16-23)18-22-7-4-8-22/h3,5-6,9-13,16-17,22,33H,4,7-8,14-15,18-20H2,1-2H3,(H,34,35)(H,37,38)/b31-27-,33-17?. The number of benzene rings is 2. The number of hydrogen-bond acceptors (Lipinski definition) is 7. The molecule has 0 atom stereocenters. The molecule has 0 saturated heterocycles. The number of hydrogen-bond donors (Lipinski definition) is 3. The number of ether oxygens (including phenoxy) is 2. The van der Waals surface area contributed by atoms with Crippen LogP contribution in [0.3, 0.4) is 0 Å². The lowest BCUT2D eigenvalue weighted by Gasteiger charge is -2.35. The van der Waals surface area contributed by atoms with Crippen LogP contribution in [0.15, 0.2) is 66.1 Å². The van der Waals surface area contributed by atoms with E-state index >= 15 is 0 Å². The SMILES string of the molecule is CO/C(Nc1cccc(-c2cccc(C)c2OCc2ccc3c(c2)CCN(CC2CCC2)C3)n1)=C(/C=N)C(=O)O. The van der Waals surface area contributed by atoms with Crippen LogP contribution in [0.1, 0.15) is 41.5 Å². The molecule has 1 saturated carbocycles. The fourth-order valence-electron chi connectivity index (χ4n) is 5.38. The summed E-state index contributed by atoms with van der Waals surface area (Å²) in [6.45, 7) is 5.86. The number of para-hydroxylation sites is 1. The Balaban J connectivity index is 1.32. The Bertz CT molecular complexity index is 1430. The largest absolute Gasteiger partial charge is 0.488 e. The first-order valence-corrected chi connectivity index (χ1v) is 13.8. The number of aryl methyl sites for hydroxylation is 1. The minimum Gasteiger partial charge on any atom is -0.488 e. The van der Waals surface area contributed by atoms with Crippen LogP contribution in [0.5, 0.6) is 5.75 Å². The summed E-state index contributed by atoms with van der Waals surface area (Å²) in [7, 11) is 1.34. The highest BCUT2D eigenvalue weighted by Gasteiger charge is 2.24. The van der Waals surface area contributed by atoms with Crippen molar-refractivity contribution < 1.29 is 19.4 Å². The third kappa shape index (κ3) is 6.18.